The first-order chi connectivity index (χ1) is 8.66. The van der Waals surface area contributed by atoms with Crippen molar-refractivity contribution >= 4 is 17.5 Å². The zero-order valence-corrected chi connectivity index (χ0v) is 11.3. The molecule has 1 amide bonds. The minimum Gasteiger partial charge on any atom is -0.356 e. The van der Waals surface area contributed by atoms with Crippen LogP contribution in [0.25, 0.3) is 0 Å². The maximum atomic E-state index is 12.0. The number of hydrogen-bond acceptors (Lipinski definition) is 3. The Morgan fingerprint density at radius 1 is 1.50 bits per heavy atom. The van der Waals surface area contributed by atoms with Gasteiger partial charge in [0.2, 0.25) is 0 Å². The lowest BCUT2D eigenvalue weighted by atomic mass is 10.3. The van der Waals surface area contributed by atoms with Gasteiger partial charge in [-0.1, -0.05) is 11.6 Å². The second kappa shape index (κ2) is 6.22. The molecule has 0 bridgehead atoms. The molecule has 18 heavy (non-hydrogen) atoms. The first-order valence-electron chi connectivity index (χ1n) is 6.19. The number of rotatable bonds is 4. The molecule has 0 saturated carbocycles. The second-order valence-corrected chi connectivity index (χ2v) is 4.99. The van der Waals surface area contributed by atoms with Crippen LogP contribution >= 0.6 is 11.6 Å². The number of aromatic amines is 1. The van der Waals surface area contributed by atoms with Gasteiger partial charge in [-0.05, 0) is 6.07 Å². The van der Waals surface area contributed by atoms with Crippen molar-refractivity contribution < 1.29 is 4.79 Å². The van der Waals surface area contributed by atoms with Gasteiger partial charge in [0.15, 0.2) is 0 Å². The highest BCUT2D eigenvalue weighted by atomic mass is 35.5. The summed E-state index contributed by atoms with van der Waals surface area (Å²) in [4.78, 5) is 19.0. The van der Waals surface area contributed by atoms with Crippen molar-refractivity contribution in [1.82, 2.24) is 20.1 Å². The van der Waals surface area contributed by atoms with Gasteiger partial charge in [-0.15, -0.1) is 0 Å². The molecule has 1 aliphatic rings. The van der Waals surface area contributed by atoms with Crippen molar-refractivity contribution in [2.75, 3.05) is 46.3 Å². The topological polar surface area (TPSA) is 51.4 Å². The molecule has 0 unspecified atom stereocenters. The zero-order chi connectivity index (χ0) is 13.0. The molecule has 0 aliphatic carbocycles. The normalized spacial score (nSPS) is 16.8. The molecule has 6 heteroatoms. The molecule has 0 spiro atoms. The number of aromatic nitrogens is 1. The molecule has 1 aromatic heterocycles. The van der Waals surface area contributed by atoms with E-state index >= 15 is 0 Å². The van der Waals surface area contributed by atoms with Crippen molar-refractivity contribution in [3.63, 3.8) is 0 Å². The molecule has 1 saturated heterocycles. The van der Waals surface area contributed by atoms with Crippen LogP contribution in [0.5, 0.6) is 0 Å². The fourth-order valence-electron chi connectivity index (χ4n) is 2.02. The van der Waals surface area contributed by atoms with Crippen LogP contribution in [0.3, 0.4) is 0 Å². The Kier molecular flexibility index (Phi) is 4.63. The van der Waals surface area contributed by atoms with E-state index in [-0.39, 0.29) is 5.91 Å². The first-order valence-corrected chi connectivity index (χ1v) is 6.57. The summed E-state index contributed by atoms with van der Waals surface area (Å²) in [6.07, 6.45) is 1.62. The zero-order valence-electron chi connectivity index (χ0n) is 10.6. The monoisotopic (exact) mass is 270 g/mol. The molecule has 1 aliphatic heterocycles. The summed E-state index contributed by atoms with van der Waals surface area (Å²) in [7, 11) is 1.82. The molecule has 100 valence electrons. The van der Waals surface area contributed by atoms with E-state index in [0.717, 1.165) is 39.3 Å². The van der Waals surface area contributed by atoms with E-state index in [9.17, 15) is 4.79 Å². The van der Waals surface area contributed by atoms with Gasteiger partial charge in [-0.25, -0.2) is 0 Å². The fraction of sp³-hybridized carbons (Fsp3) is 0.583. The lowest BCUT2D eigenvalue weighted by molar-refractivity contribution is 0.0770. The van der Waals surface area contributed by atoms with E-state index in [0.29, 0.717) is 10.7 Å². The Hall–Kier alpha value is -1.04. The van der Waals surface area contributed by atoms with E-state index in [1.165, 1.54) is 0 Å². The van der Waals surface area contributed by atoms with Crippen LogP contribution in [-0.2, 0) is 0 Å². The Balaban J connectivity index is 1.80. The summed E-state index contributed by atoms with van der Waals surface area (Å²) in [6.45, 7) is 5.81. The Bertz CT molecular complexity index is 401. The standard InChI is InChI=1S/C12H19ClN4O/c1-16(6-7-17-4-2-14-3-5-17)12(18)11-8-10(13)9-15-11/h8-9,14-15H,2-7H2,1H3. The van der Waals surface area contributed by atoms with Gasteiger partial charge in [-0.2, -0.15) is 0 Å². The molecule has 2 rings (SSSR count). The molecular formula is C12H19ClN4O. The number of piperazine rings is 1. The number of hydrogen-bond donors (Lipinski definition) is 2. The lowest BCUT2D eigenvalue weighted by Crippen LogP contribution is -2.46. The summed E-state index contributed by atoms with van der Waals surface area (Å²) in [6, 6.07) is 1.66. The van der Waals surface area contributed by atoms with Crippen LogP contribution in [0.15, 0.2) is 12.3 Å². The summed E-state index contributed by atoms with van der Waals surface area (Å²) >= 11 is 5.79. The lowest BCUT2D eigenvalue weighted by Gasteiger charge is -2.29. The predicted octanol–water partition coefficient (Wildman–Crippen LogP) is 0.645. The predicted molar refractivity (Wildman–Crippen MR) is 72.1 cm³/mol. The molecule has 0 radical (unpaired) electrons. The summed E-state index contributed by atoms with van der Waals surface area (Å²) in [5.41, 5.74) is 0.544. The minimum atomic E-state index is -0.0166. The van der Waals surface area contributed by atoms with Crippen LogP contribution in [-0.4, -0.2) is 67.0 Å². The Labute approximate surface area is 112 Å². The Morgan fingerprint density at radius 2 is 2.22 bits per heavy atom. The highest BCUT2D eigenvalue weighted by molar-refractivity contribution is 6.30. The number of carbonyl (C=O) groups is 1. The molecule has 1 fully saturated rings. The number of carbonyl (C=O) groups excluding carboxylic acids is 1. The third-order valence-corrected chi connectivity index (χ3v) is 3.40. The number of likely N-dealkylation sites (N-methyl/N-ethyl adjacent to an activating group) is 1. The van der Waals surface area contributed by atoms with Crippen molar-refractivity contribution in [3.8, 4) is 0 Å². The first kappa shape index (κ1) is 13.4. The van der Waals surface area contributed by atoms with E-state index in [1.54, 1.807) is 17.2 Å². The number of nitrogens with zero attached hydrogens (tertiary/aromatic N) is 2. The largest absolute Gasteiger partial charge is 0.356 e. The minimum absolute atomic E-state index is 0.0166. The molecular weight excluding hydrogens is 252 g/mol. The van der Waals surface area contributed by atoms with Crippen LogP contribution in [0.4, 0.5) is 0 Å². The third kappa shape index (κ3) is 3.48. The molecule has 2 N–H and O–H groups in total. The molecule has 0 aromatic carbocycles. The van der Waals surface area contributed by atoms with E-state index in [2.05, 4.69) is 15.2 Å². The van der Waals surface area contributed by atoms with E-state index in [1.807, 2.05) is 7.05 Å². The smallest absolute Gasteiger partial charge is 0.270 e. The van der Waals surface area contributed by atoms with E-state index in [4.69, 9.17) is 11.6 Å². The van der Waals surface area contributed by atoms with E-state index < -0.39 is 0 Å². The van der Waals surface area contributed by atoms with Crippen LogP contribution in [0.1, 0.15) is 10.5 Å². The molecule has 0 atom stereocenters. The van der Waals surface area contributed by atoms with Crippen LogP contribution in [0.2, 0.25) is 5.02 Å². The van der Waals surface area contributed by atoms with Crippen LogP contribution < -0.4 is 5.32 Å². The number of amides is 1. The highest BCUT2D eigenvalue weighted by Crippen LogP contribution is 2.11. The molecule has 5 nitrogen and oxygen atoms in total. The van der Waals surface area contributed by atoms with Gasteiger partial charge in [0.05, 0.1) is 5.02 Å². The van der Waals surface area contributed by atoms with Crippen LogP contribution in [0, 0.1) is 0 Å². The van der Waals surface area contributed by atoms with Gasteiger partial charge in [-0.3, -0.25) is 9.69 Å². The summed E-state index contributed by atoms with van der Waals surface area (Å²) in [5.74, 6) is -0.0166. The number of halogens is 1. The van der Waals surface area contributed by atoms with Crippen molar-refractivity contribution in [3.05, 3.63) is 23.0 Å². The number of H-pyrrole nitrogens is 1. The Morgan fingerprint density at radius 3 is 2.83 bits per heavy atom. The third-order valence-electron chi connectivity index (χ3n) is 3.19. The maximum Gasteiger partial charge on any atom is 0.270 e. The van der Waals surface area contributed by atoms with Crippen molar-refractivity contribution in [1.29, 1.82) is 0 Å². The molecule has 2 heterocycles. The second-order valence-electron chi connectivity index (χ2n) is 4.55. The summed E-state index contributed by atoms with van der Waals surface area (Å²) < 4.78 is 0. The van der Waals surface area contributed by atoms with Gasteiger partial charge in [0.1, 0.15) is 5.69 Å². The van der Waals surface area contributed by atoms with Gasteiger partial charge in [0.25, 0.3) is 5.91 Å². The van der Waals surface area contributed by atoms with Gasteiger partial charge >= 0.3 is 0 Å². The summed E-state index contributed by atoms with van der Waals surface area (Å²) in [5, 5.41) is 3.88. The van der Waals surface area contributed by atoms with Gasteiger partial charge in [0, 0.05) is 52.5 Å². The fourth-order valence-corrected chi connectivity index (χ4v) is 2.19. The molecule has 1 aromatic rings. The SMILES string of the molecule is CN(CCN1CCNCC1)C(=O)c1cc(Cl)c[nH]1. The number of nitrogens with one attached hydrogen (secondary N) is 2. The van der Waals surface area contributed by atoms with Gasteiger partial charge < -0.3 is 15.2 Å². The van der Waals surface area contributed by atoms with Crippen molar-refractivity contribution in [2.24, 2.45) is 0 Å². The highest BCUT2D eigenvalue weighted by Gasteiger charge is 2.15. The quantitative estimate of drug-likeness (QED) is 0.845. The average molecular weight is 271 g/mol. The maximum absolute atomic E-state index is 12.0. The average Bonchev–Trinajstić information content (AvgIpc) is 2.83. The van der Waals surface area contributed by atoms with Crippen molar-refractivity contribution in [2.45, 2.75) is 0 Å².